The molecule has 0 spiro atoms. The summed E-state index contributed by atoms with van der Waals surface area (Å²) in [5.74, 6) is 0. The van der Waals surface area contributed by atoms with Crippen LogP contribution in [0.15, 0.2) is 23.1 Å². The zero-order valence-corrected chi connectivity index (χ0v) is 13.0. The lowest BCUT2D eigenvalue weighted by atomic mass is 10.1. The summed E-state index contributed by atoms with van der Waals surface area (Å²) in [6.45, 7) is 7.50. The van der Waals surface area contributed by atoms with Gasteiger partial charge in [0.2, 0.25) is 0 Å². The van der Waals surface area contributed by atoms with Gasteiger partial charge >= 0.3 is 0 Å². The lowest BCUT2D eigenvalue weighted by Crippen LogP contribution is -2.41. The molecule has 0 aliphatic carbocycles. The van der Waals surface area contributed by atoms with Crippen LogP contribution in [0.2, 0.25) is 0 Å². The molecular formula is C14H22N2S2. The van der Waals surface area contributed by atoms with E-state index in [-0.39, 0.29) is 0 Å². The second-order valence-corrected chi connectivity index (χ2v) is 7.55. The predicted molar refractivity (Wildman–Crippen MR) is 84.8 cm³/mol. The standard InChI is InChI=1S/C14H22N2S2/c1-10-8-16(9-11(2)18-10)13-5-4-6-14(17-3)12(13)7-15/h4-6,10-11H,7-9,15H2,1-3H3. The highest BCUT2D eigenvalue weighted by molar-refractivity contribution is 8.00. The average molecular weight is 282 g/mol. The van der Waals surface area contributed by atoms with Crippen molar-refractivity contribution in [2.45, 2.75) is 35.8 Å². The van der Waals surface area contributed by atoms with Crippen molar-refractivity contribution < 1.29 is 0 Å². The van der Waals surface area contributed by atoms with Crippen molar-refractivity contribution in [2.75, 3.05) is 24.2 Å². The van der Waals surface area contributed by atoms with E-state index in [9.17, 15) is 0 Å². The quantitative estimate of drug-likeness (QED) is 0.862. The topological polar surface area (TPSA) is 29.3 Å². The normalized spacial score (nSPS) is 24.3. The Morgan fingerprint density at radius 2 is 2.00 bits per heavy atom. The van der Waals surface area contributed by atoms with E-state index in [0.717, 1.165) is 13.1 Å². The Labute approximate surface area is 119 Å². The van der Waals surface area contributed by atoms with Gasteiger partial charge in [0.15, 0.2) is 0 Å². The number of anilines is 1. The van der Waals surface area contributed by atoms with Crippen LogP contribution in [0.4, 0.5) is 5.69 Å². The molecule has 1 aliphatic rings. The minimum atomic E-state index is 0.624. The van der Waals surface area contributed by atoms with Gasteiger partial charge in [0.1, 0.15) is 0 Å². The summed E-state index contributed by atoms with van der Waals surface area (Å²) in [6, 6.07) is 6.54. The van der Waals surface area contributed by atoms with E-state index in [1.807, 2.05) is 0 Å². The first-order valence-electron chi connectivity index (χ1n) is 6.42. The van der Waals surface area contributed by atoms with Crippen molar-refractivity contribution in [3.05, 3.63) is 23.8 Å². The molecule has 0 radical (unpaired) electrons. The maximum Gasteiger partial charge on any atom is 0.0423 e. The third-order valence-electron chi connectivity index (χ3n) is 3.29. The van der Waals surface area contributed by atoms with Gasteiger partial charge in [0, 0.05) is 46.3 Å². The first kappa shape index (κ1) is 14.1. The van der Waals surface area contributed by atoms with Gasteiger partial charge in [-0.3, -0.25) is 0 Å². The number of benzene rings is 1. The van der Waals surface area contributed by atoms with Crippen molar-refractivity contribution in [1.82, 2.24) is 0 Å². The van der Waals surface area contributed by atoms with Gasteiger partial charge < -0.3 is 10.6 Å². The number of hydrogen-bond donors (Lipinski definition) is 1. The minimum Gasteiger partial charge on any atom is -0.369 e. The maximum absolute atomic E-state index is 5.96. The Kier molecular flexibility index (Phi) is 4.87. The maximum atomic E-state index is 5.96. The third-order valence-corrected chi connectivity index (χ3v) is 5.34. The van der Waals surface area contributed by atoms with Crippen molar-refractivity contribution in [3.8, 4) is 0 Å². The Bertz CT molecular complexity index is 399. The van der Waals surface area contributed by atoms with E-state index in [1.54, 1.807) is 11.8 Å². The molecule has 2 nitrogen and oxygen atoms in total. The van der Waals surface area contributed by atoms with Gasteiger partial charge in [0.25, 0.3) is 0 Å². The van der Waals surface area contributed by atoms with Crippen LogP contribution in [0, 0.1) is 0 Å². The number of rotatable bonds is 3. The monoisotopic (exact) mass is 282 g/mol. The number of hydrogen-bond acceptors (Lipinski definition) is 4. The van der Waals surface area contributed by atoms with E-state index < -0.39 is 0 Å². The molecular weight excluding hydrogens is 260 g/mol. The van der Waals surface area contributed by atoms with Crippen LogP contribution >= 0.6 is 23.5 Å². The van der Waals surface area contributed by atoms with Crippen molar-refractivity contribution >= 4 is 29.2 Å². The van der Waals surface area contributed by atoms with Gasteiger partial charge in [-0.1, -0.05) is 19.9 Å². The molecule has 0 aromatic heterocycles. The van der Waals surface area contributed by atoms with Crippen LogP contribution in [-0.4, -0.2) is 29.8 Å². The lowest BCUT2D eigenvalue weighted by molar-refractivity contribution is 0.722. The van der Waals surface area contributed by atoms with E-state index in [2.05, 4.69) is 55.0 Å². The third kappa shape index (κ3) is 2.98. The van der Waals surface area contributed by atoms with Crippen molar-refractivity contribution in [2.24, 2.45) is 5.73 Å². The molecule has 1 aliphatic heterocycles. The predicted octanol–water partition coefficient (Wildman–Crippen LogP) is 3.20. The Balaban J connectivity index is 2.32. The zero-order valence-electron chi connectivity index (χ0n) is 11.3. The van der Waals surface area contributed by atoms with E-state index in [0.29, 0.717) is 17.0 Å². The van der Waals surface area contributed by atoms with Crippen LogP contribution in [0.1, 0.15) is 19.4 Å². The Hall–Kier alpha value is -0.320. The SMILES string of the molecule is CSc1cccc(N2CC(C)SC(C)C2)c1CN. The zero-order chi connectivity index (χ0) is 13.1. The summed E-state index contributed by atoms with van der Waals surface area (Å²) in [5.41, 5.74) is 8.60. The summed E-state index contributed by atoms with van der Waals surface area (Å²) >= 11 is 3.87. The molecule has 2 rings (SSSR count). The molecule has 1 aromatic rings. The average Bonchev–Trinajstić information content (AvgIpc) is 2.36. The van der Waals surface area contributed by atoms with E-state index >= 15 is 0 Å². The fourth-order valence-electron chi connectivity index (χ4n) is 2.62. The van der Waals surface area contributed by atoms with Gasteiger partial charge in [0.05, 0.1) is 0 Å². The smallest absolute Gasteiger partial charge is 0.0423 e. The van der Waals surface area contributed by atoms with E-state index in [4.69, 9.17) is 5.73 Å². The van der Waals surface area contributed by atoms with Gasteiger partial charge in [-0.15, -0.1) is 11.8 Å². The van der Waals surface area contributed by atoms with Crippen LogP contribution in [-0.2, 0) is 6.54 Å². The van der Waals surface area contributed by atoms with Crippen molar-refractivity contribution in [3.63, 3.8) is 0 Å². The molecule has 0 amide bonds. The molecule has 1 heterocycles. The Morgan fingerprint density at radius 1 is 1.33 bits per heavy atom. The van der Waals surface area contributed by atoms with Gasteiger partial charge in [-0.05, 0) is 18.4 Å². The molecule has 18 heavy (non-hydrogen) atoms. The molecule has 1 saturated heterocycles. The molecule has 2 N–H and O–H groups in total. The van der Waals surface area contributed by atoms with Crippen molar-refractivity contribution in [1.29, 1.82) is 0 Å². The number of thioether (sulfide) groups is 2. The van der Waals surface area contributed by atoms with Crippen LogP contribution in [0.5, 0.6) is 0 Å². The summed E-state index contributed by atoms with van der Waals surface area (Å²) in [5, 5.41) is 1.38. The highest BCUT2D eigenvalue weighted by Gasteiger charge is 2.24. The van der Waals surface area contributed by atoms with Crippen LogP contribution in [0.3, 0.4) is 0 Å². The van der Waals surface area contributed by atoms with Crippen LogP contribution in [0.25, 0.3) is 0 Å². The first-order valence-corrected chi connectivity index (χ1v) is 8.58. The first-order chi connectivity index (χ1) is 8.65. The van der Waals surface area contributed by atoms with Gasteiger partial charge in [-0.25, -0.2) is 0 Å². The lowest BCUT2D eigenvalue weighted by Gasteiger charge is -2.37. The summed E-state index contributed by atoms with van der Waals surface area (Å²) in [6.07, 6.45) is 2.12. The molecule has 0 saturated carbocycles. The highest BCUT2D eigenvalue weighted by atomic mass is 32.2. The van der Waals surface area contributed by atoms with Gasteiger partial charge in [-0.2, -0.15) is 11.8 Å². The number of nitrogens with two attached hydrogens (primary N) is 1. The number of nitrogens with zero attached hydrogens (tertiary/aromatic N) is 1. The Morgan fingerprint density at radius 3 is 2.56 bits per heavy atom. The molecule has 4 heteroatoms. The minimum absolute atomic E-state index is 0.624. The van der Waals surface area contributed by atoms with Crippen LogP contribution < -0.4 is 10.6 Å². The summed E-state index contributed by atoms with van der Waals surface area (Å²) < 4.78 is 0. The molecule has 2 atom stereocenters. The second kappa shape index (κ2) is 6.22. The molecule has 1 fully saturated rings. The molecule has 1 aromatic carbocycles. The summed E-state index contributed by atoms with van der Waals surface area (Å²) in [4.78, 5) is 3.82. The largest absolute Gasteiger partial charge is 0.369 e. The molecule has 2 unspecified atom stereocenters. The van der Waals surface area contributed by atoms with E-state index in [1.165, 1.54) is 16.1 Å². The second-order valence-electron chi connectivity index (χ2n) is 4.82. The molecule has 100 valence electrons. The highest BCUT2D eigenvalue weighted by Crippen LogP contribution is 2.33. The molecule has 0 bridgehead atoms. The fraction of sp³-hybridized carbons (Fsp3) is 0.571. The fourth-order valence-corrected chi connectivity index (χ4v) is 4.60. The summed E-state index contributed by atoms with van der Waals surface area (Å²) in [7, 11) is 0.